The molecule has 114 valence electrons. The number of nitrogens with zero attached hydrogens (tertiary/aromatic N) is 2. The number of thioether (sulfide) groups is 1. The number of rotatable bonds is 4. The third kappa shape index (κ3) is 1.84. The summed E-state index contributed by atoms with van der Waals surface area (Å²) in [6, 6.07) is 3.85. The molecule has 0 amide bonds. The van der Waals surface area contributed by atoms with E-state index in [1.807, 2.05) is 26.0 Å². The first-order chi connectivity index (χ1) is 9.91. The molecule has 1 fully saturated rings. The van der Waals surface area contributed by atoms with E-state index >= 15 is 0 Å². The molecule has 0 bridgehead atoms. The summed E-state index contributed by atoms with van der Waals surface area (Å²) < 4.78 is 8.67. The Hall–Kier alpha value is -1.73. The van der Waals surface area contributed by atoms with Gasteiger partial charge in [-0.15, -0.1) is 0 Å². The van der Waals surface area contributed by atoms with Gasteiger partial charge in [0.2, 0.25) is 0 Å². The Bertz CT molecular complexity index is 532. The highest BCUT2D eigenvalue weighted by Gasteiger charge is 2.77. The van der Waals surface area contributed by atoms with Gasteiger partial charge in [-0.3, -0.25) is 9.59 Å². The highest BCUT2D eigenvalue weighted by Crippen LogP contribution is 2.65. The van der Waals surface area contributed by atoms with Crippen molar-refractivity contribution in [2.24, 2.45) is 10.8 Å². The summed E-state index contributed by atoms with van der Waals surface area (Å²) in [6.07, 6.45) is 0.911. The predicted octanol–water partition coefficient (Wildman–Crippen LogP) is 1.66. The van der Waals surface area contributed by atoms with Crippen LogP contribution in [0.1, 0.15) is 26.7 Å². The summed E-state index contributed by atoms with van der Waals surface area (Å²) in [4.78, 5) is 24.7. The smallest absolute Gasteiger partial charge is 0.330 e. The fourth-order valence-corrected chi connectivity index (χ4v) is 4.96. The molecule has 0 aromatic carbocycles. The fraction of sp³-hybridized carbons (Fsp3) is 0.714. The summed E-state index contributed by atoms with van der Waals surface area (Å²) in [7, 11) is 2.29. The van der Waals surface area contributed by atoms with Gasteiger partial charge in [0, 0.05) is 10.5 Å². The van der Waals surface area contributed by atoms with Crippen molar-refractivity contribution in [3.63, 3.8) is 0 Å². The second-order valence-electron chi connectivity index (χ2n) is 4.85. The third-order valence-corrected chi connectivity index (χ3v) is 6.43. The normalized spacial score (nSPS) is 30.0. The molecule has 0 radical (unpaired) electrons. The van der Waals surface area contributed by atoms with Crippen LogP contribution in [0.2, 0.25) is 0 Å². The zero-order chi connectivity index (χ0) is 16.3. The number of hydrogen-bond donors (Lipinski definition) is 0. The SMILES string of the molecule is CCC1(CC)SC[C@@](C#N)(C(=O)OC)[C@]1(C#N)C(=O)OC. The largest absolute Gasteiger partial charge is 0.468 e. The first-order valence-corrected chi connectivity index (χ1v) is 7.53. The minimum absolute atomic E-state index is 0.0283. The molecule has 0 aromatic rings. The molecule has 1 aliphatic heterocycles. The van der Waals surface area contributed by atoms with E-state index in [4.69, 9.17) is 9.47 Å². The molecule has 6 nitrogen and oxygen atoms in total. The Labute approximate surface area is 128 Å². The van der Waals surface area contributed by atoms with Gasteiger partial charge in [0.15, 0.2) is 10.8 Å². The number of hydrogen-bond acceptors (Lipinski definition) is 7. The summed E-state index contributed by atoms with van der Waals surface area (Å²) in [5.74, 6) is -1.69. The van der Waals surface area contributed by atoms with Gasteiger partial charge >= 0.3 is 11.9 Å². The molecule has 0 unspecified atom stereocenters. The maximum absolute atomic E-state index is 12.5. The van der Waals surface area contributed by atoms with E-state index in [2.05, 4.69) is 0 Å². The van der Waals surface area contributed by atoms with E-state index in [-0.39, 0.29) is 5.75 Å². The molecule has 0 saturated carbocycles. The van der Waals surface area contributed by atoms with Crippen LogP contribution in [0.3, 0.4) is 0 Å². The Balaban J connectivity index is 3.78. The fourth-order valence-electron chi connectivity index (χ4n) is 3.14. The first kappa shape index (κ1) is 17.3. The van der Waals surface area contributed by atoms with Crippen LogP contribution in [-0.2, 0) is 19.1 Å². The average molecular weight is 310 g/mol. The van der Waals surface area contributed by atoms with Crippen LogP contribution >= 0.6 is 11.8 Å². The zero-order valence-electron chi connectivity index (χ0n) is 12.6. The maximum Gasteiger partial charge on any atom is 0.330 e. The standard InChI is InChI=1S/C14H18N2O4S/c1-5-13(6-2)14(8-16,11(18)20-4)12(7-15,9-21-13)10(17)19-3/h5-6,9H2,1-4H3/t12-,14-/m0/s1. The van der Waals surface area contributed by atoms with Gasteiger partial charge in [0.25, 0.3) is 0 Å². The van der Waals surface area contributed by atoms with Crippen molar-refractivity contribution in [2.45, 2.75) is 31.4 Å². The number of ether oxygens (including phenoxy) is 2. The van der Waals surface area contributed by atoms with Gasteiger partial charge in [-0.05, 0) is 12.8 Å². The molecular weight excluding hydrogens is 292 g/mol. The molecule has 1 rings (SSSR count). The van der Waals surface area contributed by atoms with Gasteiger partial charge in [0.1, 0.15) is 0 Å². The molecular formula is C14H18N2O4S. The highest BCUT2D eigenvalue weighted by molar-refractivity contribution is 8.01. The Morgan fingerprint density at radius 2 is 1.62 bits per heavy atom. The lowest BCUT2D eigenvalue weighted by atomic mass is 9.57. The second-order valence-corrected chi connectivity index (χ2v) is 6.21. The van der Waals surface area contributed by atoms with E-state index in [9.17, 15) is 20.1 Å². The summed E-state index contributed by atoms with van der Waals surface area (Å²) >= 11 is 1.29. The average Bonchev–Trinajstić information content (AvgIpc) is 2.84. The van der Waals surface area contributed by atoms with Crippen molar-refractivity contribution < 1.29 is 19.1 Å². The van der Waals surface area contributed by atoms with E-state index in [0.717, 1.165) is 14.2 Å². The zero-order valence-corrected chi connectivity index (χ0v) is 13.4. The van der Waals surface area contributed by atoms with Crippen LogP contribution < -0.4 is 0 Å². The number of nitriles is 2. The first-order valence-electron chi connectivity index (χ1n) is 6.55. The second kappa shape index (κ2) is 5.95. The lowest BCUT2D eigenvalue weighted by Gasteiger charge is -2.41. The number of carbonyl (C=O) groups is 2. The lowest BCUT2D eigenvalue weighted by Crippen LogP contribution is -2.58. The van der Waals surface area contributed by atoms with Crippen LogP contribution in [0, 0.1) is 33.5 Å². The topological polar surface area (TPSA) is 100 Å². The van der Waals surface area contributed by atoms with E-state index in [1.165, 1.54) is 11.8 Å². The summed E-state index contributed by atoms with van der Waals surface area (Å²) in [5, 5.41) is 19.4. The van der Waals surface area contributed by atoms with Crippen molar-refractivity contribution in [1.29, 1.82) is 10.5 Å². The number of esters is 2. The van der Waals surface area contributed by atoms with Crippen molar-refractivity contribution in [3.05, 3.63) is 0 Å². The van der Waals surface area contributed by atoms with Crippen LogP contribution in [0.4, 0.5) is 0 Å². The lowest BCUT2D eigenvalue weighted by molar-refractivity contribution is -0.168. The Morgan fingerprint density at radius 1 is 1.10 bits per heavy atom. The summed E-state index contributed by atoms with van der Waals surface area (Å²) in [6.45, 7) is 3.66. The van der Waals surface area contributed by atoms with Crippen molar-refractivity contribution in [3.8, 4) is 12.1 Å². The molecule has 0 spiro atoms. The molecule has 7 heteroatoms. The van der Waals surface area contributed by atoms with Crippen molar-refractivity contribution in [1.82, 2.24) is 0 Å². The predicted molar refractivity (Wildman–Crippen MR) is 75.9 cm³/mol. The summed E-state index contributed by atoms with van der Waals surface area (Å²) in [5.41, 5.74) is -3.74. The molecule has 21 heavy (non-hydrogen) atoms. The quantitative estimate of drug-likeness (QED) is 0.728. The van der Waals surface area contributed by atoms with E-state index < -0.39 is 27.5 Å². The molecule has 1 saturated heterocycles. The molecule has 1 heterocycles. The van der Waals surface area contributed by atoms with Gasteiger partial charge in [0.05, 0.1) is 26.4 Å². The van der Waals surface area contributed by atoms with Gasteiger partial charge in [-0.25, -0.2) is 0 Å². The van der Waals surface area contributed by atoms with Crippen LogP contribution in [-0.4, -0.2) is 36.7 Å². The molecule has 1 aliphatic rings. The molecule has 2 atom stereocenters. The van der Waals surface area contributed by atoms with Gasteiger partial charge in [-0.1, -0.05) is 13.8 Å². The number of methoxy groups -OCH3 is 2. The van der Waals surface area contributed by atoms with E-state index in [1.54, 1.807) is 0 Å². The van der Waals surface area contributed by atoms with Crippen LogP contribution in [0.5, 0.6) is 0 Å². The highest BCUT2D eigenvalue weighted by atomic mass is 32.2. The van der Waals surface area contributed by atoms with Crippen LogP contribution in [0.15, 0.2) is 0 Å². The maximum atomic E-state index is 12.5. The van der Waals surface area contributed by atoms with Gasteiger partial charge < -0.3 is 9.47 Å². The minimum atomic E-state index is -1.88. The van der Waals surface area contributed by atoms with Crippen molar-refractivity contribution in [2.75, 3.05) is 20.0 Å². The molecule has 0 aliphatic carbocycles. The van der Waals surface area contributed by atoms with Crippen molar-refractivity contribution >= 4 is 23.7 Å². The minimum Gasteiger partial charge on any atom is -0.468 e. The molecule has 0 N–H and O–H groups in total. The Kier molecular flexibility index (Phi) is 4.91. The Morgan fingerprint density at radius 3 is 1.95 bits per heavy atom. The molecule has 0 aromatic heterocycles. The third-order valence-electron chi connectivity index (χ3n) is 4.41. The van der Waals surface area contributed by atoms with Gasteiger partial charge in [-0.2, -0.15) is 22.3 Å². The van der Waals surface area contributed by atoms with E-state index in [0.29, 0.717) is 12.8 Å². The number of carbonyl (C=O) groups excluding carboxylic acids is 2. The monoisotopic (exact) mass is 310 g/mol. The van der Waals surface area contributed by atoms with Crippen LogP contribution in [0.25, 0.3) is 0 Å².